The molecule has 5 heteroatoms. The van der Waals surface area contributed by atoms with Gasteiger partial charge in [0, 0.05) is 5.69 Å². The van der Waals surface area contributed by atoms with E-state index >= 15 is 0 Å². The van der Waals surface area contributed by atoms with E-state index in [0.717, 1.165) is 5.56 Å². The average Bonchev–Trinajstić information content (AvgIpc) is 2.51. The van der Waals surface area contributed by atoms with E-state index in [9.17, 15) is 9.59 Å². The fraction of sp³-hybridized carbons (Fsp3) is 0.222. The maximum absolute atomic E-state index is 12.0. The first-order valence-corrected chi connectivity index (χ1v) is 7.45. The van der Waals surface area contributed by atoms with Crippen molar-refractivity contribution in [2.45, 2.75) is 26.7 Å². The number of hydrogen-bond donors (Lipinski definition) is 3. The molecule has 0 aliphatic rings. The molecule has 0 spiro atoms. The molecule has 2 aromatic carbocycles. The molecule has 0 aromatic heterocycles. The number of nitrogens with two attached hydrogens (primary N) is 1. The number of anilines is 3. The molecular weight excluding hydrogens is 290 g/mol. The highest BCUT2D eigenvalue weighted by Crippen LogP contribution is 2.20. The van der Waals surface area contributed by atoms with Crippen LogP contribution in [0.2, 0.25) is 0 Å². The third-order valence-electron chi connectivity index (χ3n) is 3.50. The first kappa shape index (κ1) is 16.5. The second kappa shape index (κ2) is 6.96. The van der Waals surface area contributed by atoms with Gasteiger partial charge in [-0.25, -0.2) is 0 Å². The lowest BCUT2D eigenvalue weighted by Crippen LogP contribution is -2.29. The van der Waals surface area contributed by atoms with E-state index in [4.69, 9.17) is 5.73 Å². The molecule has 0 unspecified atom stereocenters. The van der Waals surface area contributed by atoms with Crippen LogP contribution in [0.1, 0.15) is 30.9 Å². The highest BCUT2D eigenvalue weighted by Gasteiger charge is 2.15. The molecular formula is C18H21N3O2. The zero-order chi connectivity index (χ0) is 17.0. The van der Waals surface area contributed by atoms with E-state index in [1.807, 2.05) is 25.1 Å². The van der Waals surface area contributed by atoms with Crippen molar-refractivity contribution in [3.63, 3.8) is 0 Å². The third kappa shape index (κ3) is 4.32. The fourth-order valence-corrected chi connectivity index (χ4v) is 2.10. The number of nitrogen functional groups attached to an aromatic ring is 1. The lowest BCUT2D eigenvalue weighted by atomic mass is 10.0. The summed E-state index contributed by atoms with van der Waals surface area (Å²) in [7, 11) is 0. The van der Waals surface area contributed by atoms with E-state index in [2.05, 4.69) is 24.5 Å². The van der Waals surface area contributed by atoms with Gasteiger partial charge in [-0.1, -0.05) is 32.0 Å². The zero-order valence-electron chi connectivity index (χ0n) is 13.5. The topological polar surface area (TPSA) is 84.2 Å². The van der Waals surface area contributed by atoms with Crippen molar-refractivity contribution in [3.05, 3.63) is 53.6 Å². The predicted molar refractivity (Wildman–Crippen MR) is 93.4 cm³/mol. The highest BCUT2D eigenvalue weighted by atomic mass is 16.2. The normalized spacial score (nSPS) is 10.4. The molecule has 0 aliphatic heterocycles. The summed E-state index contributed by atoms with van der Waals surface area (Å²) in [6.07, 6.45) is 0. The van der Waals surface area contributed by atoms with Crippen LogP contribution >= 0.6 is 0 Å². The van der Waals surface area contributed by atoms with Gasteiger partial charge in [-0.15, -0.1) is 0 Å². The molecule has 0 atom stereocenters. The van der Waals surface area contributed by atoms with Crippen LogP contribution in [-0.2, 0) is 9.59 Å². The summed E-state index contributed by atoms with van der Waals surface area (Å²) < 4.78 is 0. The quantitative estimate of drug-likeness (QED) is 0.601. The van der Waals surface area contributed by atoms with Crippen molar-refractivity contribution in [2.24, 2.45) is 0 Å². The van der Waals surface area contributed by atoms with Crippen LogP contribution < -0.4 is 16.4 Å². The van der Waals surface area contributed by atoms with Crippen LogP contribution in [0.5, 0.6) is 0 Å². The molecule has 0 aliphatic carbocycles. The van der Waals surface area contributed by atoms with E-state index in [1.54, 1.807) is 24.3 Å². The molecule has 2 aromatic rings. The largest absolute Gasteiger partial charge is 0.397 e. The Labute approximate surface area is 135 Å². The number of rotatable bonds is 3. The van der Waals surface area contributed by atoms with Gasteiger partial charge in [0.2, 0.25) is 0 Å². The van der Waals surface area contributed by atoms with Gasteiger partial charge >= 0.3 is 11.8 Å². The Morgan fingerprint density at radius 2 is 1.57 bits per heavy atom. The molecule has 0 radical (unpaired) electrons. The van der Waals surface area contributed by atoms with Gasteiger partial charge in [0.15, 0.2) is 0 Å². The molecule has 0 heterocycles. The van der Waals surface area contributed by atoms with E-state index in [1.165, 1.54) is 5.56 Å². The van der Waals surface area contributed by atoms with Gasteiger partial charge < -0.3 is 16.4 Å². The summed E-state index contributed by atoms with van der Waals surface area (Å²) in [5, 5.41) is 5.10. The number of carbonyl (C=O) groups excluding carboxylic acids is 2. The van der Waals surface area contributed by atoms with Crippen LogP contribution in [0.25, 0.3) is 0 Å². The second-order valence-corrected chi connectivity index (χ2v) is 5.78. The molecule has 0 bridgehead atoms. The number of carbonyl (C=O) groups is 2. The minimum atomic E-state index is -0.754. The molecule has 0 fully saturated rings. The molecule has 2 amide bonds. The van der Waals surface area contributed by atoms with Crippen molar-refractivity contribution in [2.75, 3.05) is 16.4 Å². The van der Waals surface area contributed by atoms with E-state index < -0.39 is 11.8 Å². The summed E-state index contributed by atoms with van der Waals surface area (Å²) in [5.41, 5.74) is 9.32. The molecule has 2 rings (SSSR count). The number of amides is 2. The van der Waals surface area contributed by atoms with Gasteiger partial charge in [0.25, 0.3) is 0 Å². The second-order valence-electron chi connectivity index (χ2n) is 5.78. The minimum absolute atomic E-state index is 0.410. The summed E-state index contributed by atoms with van der Waals surface area (Å²) >= 11 is 0. The zero-order valence-corrected chi connectivity index (χ0v) is 13.5. The summed E-state index contributed by atoms with van der Waals surface area (Å²) in [5.74, 6) is -1.08. The lowest BCUT2D eigenvalue weighted by molar-refractivity contribution is -0.132. The Morgan fingerprint density at radius 3 is 2.17 bits per heavy atom. The Kier molecular flexibility index (Phi) is 5.01. The lowest BCUT2D eigenvalue weighted by Gasteiger charge is -2.10. The van der Waals surface area contributed by atoms with Crippen molar-refractivity contribution < 1.29 is 9.59 Å². The minimum Gasteiger partial charge on any atom is -0.397 e. The first-order chi connectivity index (χ1) is 10.9. The molecule has 120 valence electrons. The predicted octanol–water partition coefficient (Wildman–Crippen LogP) is 3.28. The summed E-state index contributed by atoms with van der Waals surface area (Å²) in [6.45, 7) is 6.06. The average molecular weight is 311 g/mol. The van der Waals surface area contributed by atoms with Gasteiger partial charge in [-0.05, 0) is 48.2 Å². The Bertz CT molecular complexity index is 722. The van der Waals surface area contributed by atoms with Crippen LogP contribution in [0.3, 0.4) is 0 Å². The number of hydrogen-bond acceptors (Lipinski definition) is 3. The molecule has 4 N–H and O–H groups in total. The smallest absolute Gasteiger partial charge is 0.314 e. The van der Waals surface area contributed by atoms with Crippen molar-refractivity contribution >= 4 is 28.9 Å². The first-order valence-electron chi connectivity index (χ1n) is 7.45. The van der Waals surface area contributed by atoms with E-state index in [-0.39, 0.29) is 0 Å². The fourth-order valence-electron chi connectivity index (χ4n) is 2.10. The van der Waals surface area contributed by atoms with Crippen molar-refractivity contribution in [1.82, 2.24) is 0 Å². The molecule has 0 saturated heterocycles. The van der Waals surface area contributed by atoms with Gasteiger partial charge in [-0.3, -0.25) is 9.59 Å². The SMILES string of the molecule is Cc1ccc(N)c(NC(=O)C(=O)Nc2ccc(C(C)C)cc2)c1. The highest BCUT2D eigenvalue weighted by molar-refractivity contribution is 6.43. The monoisotopic (exact) mass is 311 g/mol. The number of nitrogens with one attached hydrogen (secondary N) is 2. The van der Waals surface area contributed by atoms with Gasteiger partial charge in [-0.2, -0.15) is 0 Å². The van der Waals surface area contributed by atoms with Crippen molar-refractivity contribution in [1.29, 1.82) is 0 Å². The summed E-state index contributed by atoms with van der Waals surface area (Å²) in [6, 6.07) is 12.7. The maximum Gasteiger partial charge on any atom is 0.314 e. The molecule has 5 nitrogen and oxygen atoms in total. The Hall–Kier alpha value is -2.82. The number of benzene rings is 2. The van der Waals surface area contributed by atoms with Crippen LogP contribution in [-0.4, -0.2) is 11.8 Å². The van der Waals surface area contributed by atoms with Crippen LogP contribution in [0.4, 0.5) is 17.1 Å². The third-order valence-corrected chi connectivity index (χ3v) is 3.50. The Morgan fingerprint density at radius 1 is 0.957 bits per heavy atom. The van der Waals surface area contributed by atoms with E-state index in [0.29, 0.717) is 23.0 Å². The standard InChI is InChI=1S/C18H21N3O2/c1-11(2)13-5-7-14(8-6-13)20-17(22)18(23)21-16-10-12(3)4-9-15(16)19/h4-11H,19H2,1-3H3,(H,20,22)(H,21,23). The van der Waals surface area contributed by atoms with Gasteiger partial charge in [0.05, 0.1) is 11.4 Å². The number of aryl methyl sites for hydroxylation is 1. The van der Waals surface area contributed by atoms with Crippen LogP contribution in [0, 0.1) is 6.92 Å². The molecule has 23 heavy (non-hydrogen) atoms. The summed E-state index contributed by atoms with van der Waals surface area (Å²) in [4.78, 5) is 23.9. The van der Waals surface area contributed by atoms with Gasteiger partial charge in [0.1, 0.15) is 0 Å². The van der Waals surface area contributed by atoms with Crippen molar-refractivity contribution in [3.8, 4) is 0 Å². The Balaban J connectivity index is 2.02. The van der Waals surface area contributed by atoms with Crippen LogP contribution in [0.15, 0.2) is 42.5 Å². The maximum atomic E-state index is 12.0. The molecule has 0 saturated carbocycles.